The monoisotopic (exact) mass is 307 g/mol. The summed E-state index contributed by atoms with van der Waals surface area (Å²) in [4.78, 5) is 12.2. The molecule has 6 nitrogen and oxygen atoms in total. The van der Waals surface area contributed by atoms with Crippen molar-refractivity contribution in [1.82, 2.24) is 8.87 Å². The van der Waals surface area contributed by atoms with E-state index in [0.29, 0.717) is 11.4 Å². The maximum Gasteiger partial charge on any atom is 0.272 e. The summed E-state index contributed by atoms with van der Waals surface area (Å²) in [5.41, 5.74) is 0.931. The van der Waals surface area contributed by atoms with Gasteiger partial charge in [0.15, 0.2) is 0 Å². The lowest BCUT2D eigenvalue weighted by atomic mass is 10.3. The molecule has 21 heavy (non-hydrogen) atoms. The molecule has 1 aromatic heterocycles. The highest BCUT2D eigenvalue weighted by Gasteiger charge is 2.18. The largest absolute Gasteiger partial charge is 0.347 e. The minimum atomic E-state index is -3.52. The topological polar surface area (TPSA) is 71.4 Å². The molecule has 0 radical (unpaired) electrons. The number of sulfonamides is 1. The summed E-state index contributed by atoms with van der Waals surface area (Å²) in [6, 6.07) is 9.63. The Labute approximate surface area is 124 Å². The number of nitrogens with zero attached hydrogens (tertiary/aromatic N) is 2. The first-order chi connectivity index (χ1) is 9.82. The third-order valence-corrected chi connectivity index (χ3v) is 4.86. The van der Waals surface area contributed by atoms with E-state index in [9.17, 15) is 13.2 Å². The zero-order valence-electron chi connectivity index (χ0n) is 12.1. The quantitative estimate of drug-likeness (QED) is 0.931. The van der Waals surface area contributed by atoms with Crippen LogP contribution >= 0.6 is 0 Å². The molecule has 7 heteroatoms. The summed E-state index contributed by atoms with van der Waals surface area (Å²) in [5, 5.41) is 2.69. The third-order valence-electron chi connectivity index (χ3n) is 3.05. The molecule has 2 aromatic rings. The van der Waals surface area contributed by atoms with Gasteiger partial charge in [-0.15, -0.1) is 0 Å². The number of carbonyl (C=O) groups is 1. The van der Waals surface area contributed by atoms with E-state index in [1.54, 1.807) is 42.1 Å². The maximum atomic E-state index is 12.1. The molecule has 0 saturated carbocycles. The van der Waals surface area contributed by atoms with Gasteiger partial charge in [0.2, 0.25) is 10.0 Å². The Bertz CT molecular complexity index is 763. The molecular formula is C14H17N3O3S. The van der Waals surface area contributed by atoms with Gasteiger partial charge < -0.3 is 9.88 Å². The molecule has 0 aliphatic rings. The molecule has 1 heterocycles. The first-order valence-corrected chi connectivity index (χ1v) is 7.71. The van der Waals surface area contributed by atoms with Crippen molar-refractivity contribution in [3.05, 3.63) is 48.3 Å². The fourth-order valence-electron chi connectivity index (χ4n) is 1.84. The summed E-state index contributed by atoms with van der Waals surface area (Å²) in [6.07, 6.45) is 1.77. The van der Waals surface area contributed by atoms with E-state index in [1.165, 1.54) is 26.2 Å². The minimum Gasteiger partial charge on any atom is -0.347 e. The number of hydrogen-bond donors (Lipinski definition) is 1. The van der Waals surface area contributed by atoms with Gasteiger partial charge in [-0.1, -0.05) is 6.07 Å². The highest BCUT2D eigenvalue weighted by molar-refractivity contribution is 7.89. The Morgan fingerprint density at radius 3 is 2.48 bits per heavy atom. The molecule has 0 atom stereocenters. The Hall–Kier alpha value is -2.12. The van der Waals surface area contributed by atoms with Crippen LogP contribution in [0.15, 0.2) is 47.5 Å². The van der Waals surface area contributed by atoms with Crippen molar-refractivity contribution >= 4 is 21.6 Å². The normalized spacial score (nSPS) is 11.6. The van der Waals surface area contributed by atoms with E-state index in [-0.39, 0.29) is 10.8 Å². The van der Waals surface area contributed by atoms with E-state index in [2.05, 4.69) is 5.32 Å². The average molecular weight is 307 g/mol. The van der Waals surface area contributed by atoms with Gasteiger partial charge in [0.25, 0.3) is 5.91 Å². The van der Waals surface area contributed by atoms with E-state index in [4.69, 9.17) is 0 Å². The number of aromatic nitrogens is 1. The zero-order chi connectivity index (χ0) is 15.6. The molecule has 112 valence electrons. The molecule has 1 aromatic carbocycles. The second-order valence-electron chi connectivity index (χ2n) is 4.77. The number of carbonyl (C=O) groups excluding carboxylic acids is 1. The van der Waals surface area contributed by atoms with Crippen LogP contribution in [0.3, 0.4) is 0 Å². The Morgan fingerprint density at radius 1 is 1.19 bits per heavy atom. The van der Waals surface area contributed by atoms with E-state index in [0.717, 1.165) is 4.31 Å². The molecule has 2 rings (SSSR count). The van der Waals surface area contributed by atoms with Gasteiger partial charge in [-0.05, 0) is 30.3 Å². The van der Waals surface area contributed by atoms with Crippen molar-refractivity contribution in [3.8, 4) is 0 Å². The van der Waals surface area contributed by atoms with E-state index >= 15 is 0 Å². The highest BCUT2D eigenvalue weighted by Crippen LogP contribution is 2.18. The molecular weight excluding hydrogens is 290 g/mol. The second-order valence-corrected chi connectivity index (χ2v) is 6.93. The standard InChI is InChI=1S/C14H17N3O3S/c1-16(2)21(19,20)12-7-4-6-11(10-12)15-14(18)13-8-5-9-17(13)3/h4-10H,1-3H3,(H,15,18). The highest BCUT2D eigenvalue weighted by atomic mass is 32.2. The lowest BCUT2D eigenvalue weighted by molar-refractivity contribution is 0.101. The van der Waals surface area contributed by atoms with E-state index < -0.39 is 10.0 Å². The third kappa shape index (κ3) is 3.14. The Kier molecular flexibility index (Phi) is 4.15. The van der Waals surface area contributed by atoms with Crippen molar-refractivity contribution in [2.45, 2.75) is 4.90 Å². The lowest BCUT2D eigenvalue weighted by Crippen LogP contribution is -2.22. The van der Waals surface area contributed by atoms with Crippen LogP contribution in [0.4, 0.5) is 5.69 Å². The number of nitrogens with one attached hydrogen (secondary N) is 1. The molecule has 0 bridgehead atoms. The van der Waals surface area contributed by atoms with Gasteiger partial charge in [0.05, 0.1) is 4.90 Å². The fourth-order valence-corrected chi connectivity index (χ4v) is 2.79. The predicted molar refractivity (Wildman–Crippen MR) is 80.7 cm³/mol. The van der Waals surface area contributed by atoms with Crippen LogP contribution < -0.4 is 5.32 Å². The van der Waals surface area contributed by atoms with Gasteiger partial charge in [-0.25, -0.2) is 12.7 Å². The SMILES string of the molecule is CN(C)S(=O)(=O)c1cccc(NC(=O)c2cccn2C)c1. The zero-order valence-corrected chi connectivity index (χ0v) is 12.9. The van der Waals surface area contributed by atoms with Gasteiger partial charge in [0, 0.05) is 33.0 Å². The molecule has 0 spiro atoms. The van der Waals surface area contributed by atoms with Crippen LogP contribution in [0.2, 0.25) is 0 Å². The van der Waals surface area contributed by atoms with Gasteiger partial charge in [0.1, 0.15) is 5.69 Å². The van der Waals surface area contributed by atoms with Crippen LogP contribution in [0.5, 0.6) is 0 Å². The summed E-state index contributed by atoms with van der Waals surface area (Å²) in [5.74, 6) is -0.290. The van der Waals surface area contributed by atoms with Gasteiger partial charge >= 0.3 is 0 Å². The van der Waals surface area contributed by atoms with Crippen molar-refractivity contribution < 1.29 is 13.2 Å². The first kappa shape index (κ1) is 15.3. The summed E-state index contributed by atoms with van der Waals surface area (Å²) in [7, 11) is 1.17. The van der Waals surface area contributed by atoms with Gasteiger partial charge in [-0.3, -0.25) is 4.79 Å². The van der Waals surface area contributed by atoms with Crippen LogP contribution in [0.1, 0.15) is 10.5 Å². The number of rotatable bonds is 4. The predicted octanol–water partition coefficient (Wildman–Crippen LogP) is 1.53. The smallest absolute Gasteiger partial charge is 0.272 e. The summed E-state index contributed by atoms with van der Waals surface area (Å²) in [6.45, 7) is 0. The first-order valence-electron chi connectivity index (χ1n) is 6.27. The van der Waals surface area contributed by atoms with Crippen LogP contribution in [0.25, 0.3) is 0 Å². The van der Waals surface area contributed by atoms with Gasteiger partial charge in [-0.2, -0.15) is 0 Å². The minimum absolute atomic E-state index is 0.136. The van der Waals surface area contributed by atoms with Crippen molar-refractivity contribution in [3.63, 3.8) is 0 Å². The lowest BCUT2D eigenvalue weighted by Gasteiger charge is -2.12. The number of benzene rings is 1. The number of anilines is 1. The fraction of sp³-hybridized carbons (Fsp3) is 0.214. The number of hydrogen-bond acceptors (Lipinski definition) is 3. The molecule has 0 aliphatic carbocycles. The molecule has 0 unspecified atom stereocenters. The van der Waals surface area contributed by atoms with Crippen LogP contribution in [-0.2, 0) is 17.1 Å². The summed E-state index contributed by atoms with van der Waals surface area (Å²) >= 11 is 0. The second kappa shape index (κ2) is 5.71. The van der Waals surface area contributed by atoms with E-state index in [1.807, 2.05) is 0 Å². The molecule has 0 saturated heterocycles. The number of amides is 1. The molecule has 0 aliphatic heterocycles. The van der Waals surface area contributed by atoms with Crippen molar-refractivity contribution in [2.24, 2.45) is 7.05 Å². The maximum absolute atomic E-state index is 12.1. The number of aryl methyl sites for hydroxylation is 1. The molecule has 1 amide bonds. The average Bonchev–Trinajstić information content (AvgIpc) is 2.85. The van der Waals surface area contributed by atoms with Crippen molar-refractivity contribution in [2.75, 3.05) is 19.4 Å². The molecule has 0 fully saturated rings. The van der Waals surface area contributed by atoms with Crippen LogP contribution in [0, 0.1) is 0 Å². The van der Waals surface area contributed by atoms with Crippen LogP contribution in [-0.4, -0.2) is 37.3 Å². The summed E-state index contributed by atoms with van der Waals surface area (Å²) < 4.78 is 26.9. The van der Waals surface area contributed by atoms with Crippen molar-refractivity contribution in [1.29, 1.82) is 0 Å². The Morgan fingerprint density at radius 2 is 1.90 bits per heavy atom. The molecule has 1 N–H and O–H groups in total. The Balaban J connectivity index is 2.27.